The van der Waals surface area contributed by atoms with Crippen LogP contribution in [0.1, 0.15) is 51.3 Å². The van der Waals surface area contributed by atoms with E-state index in [-0.39, 0.29) is 0 Å². The summed E-state index contributed by atoms with van der Waals surface area (Å²) in [7, 11) is 0. The number of unbranched alkanes of at least 4 members (excludes halogenated alkanes) is 1. The molecular weight excluding hydrogens is 268 g/mol. The van der Waals surface area contributed by atoms with Gasteiger partial charge in [0, 0.05) is 6.20 Å². The van der Waals surface area contributed by atoms with E-state index in [4.69, 9.17) is 0 Å². The summed E-state index contributed by atoms with van der Waals surface area (Å²) in [5, 5.41) is 3.44. The summed E-state index contributed by atoms with van der Waals surface area (Å²) in [6, 6.07) is 4.17. The van der Waals surface area contributed by atoms with Gasteiger partial charge in [0.2, 0.25) is 0 Å². The van der Waals surface area contributed by atoms with E-state index in [0.717, 1.165) is 31.6 Å². The summed E-state index contributed by atoms with van der Waals surface area (Å²) in [6.07, 6.45) is 13.2. The van der Waals surface area contributed by atoms with Gasteiger partial charge >= 0.3 is 0 Å². The van der Waals surface area contributed by atoms with Gasteiger partial charge < -0.3 is 5.32 Å². The third kappa shape index (κ3) is 7.37. The first-order valence-electron chi connectivity index (χ1n) is 8.43. The van der Waals surface area contributed by atoms with Gasteiger partial charge in [0.1, 0.15) is 0 Å². The van der Waals surface area contributed by atoms with Gasteiger partial charge in [-0.2, -0.15) is 0 Å². The zero-order valence-electron chi connectivity index (χ0n) is 14.6. The normalized spacial score (nSPS) is 11.9. The van der Waals surface area contributed by atoms with Crippen LogP contribution in [0.2, 0.25) is 0 Å². The molecule has 22 heavy (non-hydrogen) atoms. The second-order valence-corrected chi connectivity index (χ2v) is 4.67. The molecule has 2 heteroatoms. The molecule has 1 aliphatic carbocycles. The molecule has 122 valence electrons. The lowest BCUT2D eigenvalue weighted by molar-refractivity contribution is 0.645. The van der Waals surface area contributed by atoms with Gasteiger partial charge in [0.05, 0.1) is 5.69 Å². The van der Waals surface area contributed by atoms with Crippen molar-refractivity contribution in [3.8, 4) is 0 Å². The third-order valence-electron chi connectivity index (χ3n) is 3.20. The number of rotatable bonds is 7. The highest BCUT2D eigenvalue weighted by molar-refractivity contribution is 5.77. The summed E-state index contributed by atoms with van der Waals surface area (Å²) in [6.45, 7) is 14.4. The predicted molar refractivity (Wildman–Crippen MR) is 100 cm³/mol. The summed E-state index contributed by atoms with van der Waals surface area (Å²) in [5.41, 5.74) is 3.78. The Bertz CT molecular complexity index is 447. The molecule has 1 aliphatic rings. The number of nitrogens with one attached hydrogen (secondary N) is 1. The lowest BCUT2D eigenvalue weighted by atomic mass is 10.1. The molecule has 0 saturated heterocycles. The van der Waals surface area contributed by atoms with Crippen molar-refractivity contribution in [3.63, 3.8) is 0 Å². The van der Waals surface area contributed by atoms with Gasteiger partial charge in [-0.15, -0.1) is 13.2 Å². The first kappa shape index (κ1) is 20.3. The fraction of sp³-hybridized carbons (Fsp3) is 0.450. The molecule has 0 aliphatic heterocycles. The fourth-order valence-electron chi connectivity index (χ4n) is 2.15. The van der Waals surface area contributed by atoms with Gasteiger partial charge in [0.25, 0.3) is 0 Å². The number of nitrogens with zero attached hydrogens (tertiary/aromatic N) is 1. The van der Waals surface area contributed by atoms with E-state index >= 15 is 0 Å². The van der Waals surface area contributed by atoms with Crippen LogP contribution in [0.3, 0.4) is 0 Å². The summed E-state index contributed by atoms with van der Waals surface area (Å²) in [5.74, 6) is 0. The molecule has 0 saturated carbocycles. The Morgan fingerprint density at radius 3 is 2.77 bits per heavy atom. The fourth-order valence-corrected chi connectivity index (χ4v) is 2.15. The molecular formula is C20H32N2. The summed E-state index contributed by atoms with van der Waals surface area (Å²) < 4.78 is 0. The molecule has 1 heterocycles. The quantitative estimate of drug-likeness (QED) is 0.554. The highest BCUT2D eigenvalue weighted by Gasteiger charge is 2.11. The topological polar surface area (TPSA) is 24.9 Å². The molecule has 0 amide bonds. The van der Waals surface area contributed by atoms with E-state index in [1.54, 1.807) is 0 Å². The molecule has 1 N–H and O–H groups in total. The van der Waals surface area contributed by atoms with Gasteiger partial charge in [-0.05, 0) is 49.6 Å². The second kappa shape index (κ2) is 14.3. The molecule has 0 radical (unpaired) electrons. The monoisotopic (exact) mass is 300 g/mol. The van der Waals surface area contributed by atoms with Gasteiger partial charge in [-0.25, -0.2) is 0 Å². The van der Waals surface area contributed by atoms with E-state index in [2.05, 4.69) is 54.7 Å². The van der Waals surface area contributed by atoms with Crippen LogP contribution in [-0.2, 0) is 6.42 Å². The zero-order chi connectivity index (χ0) is 16.6. The highest BCUT2D eigenvalue weighted by atomic mass is 14.8. The lowest BCUT2D eigenvalue weighted by Crippen LogP contribution is -2.15. The van der Waals surface area contributed by atoms with Gasteiger partial charge in [-0.3, -0.25) is 4.98 Å². The van der Waals surface area contributed by atoms with Gasteiger partial charge in [0.15, 0.2) is 0 Å². The number of pyridine rings is 1. The van der Waals surface area contributed by atoms with E-state index in [0.29, 0.717) is 0 Å². The average Bonchev–Trinajstić information content (AvgIpc) is 3.01. The molecule has 1 aromatic heterocycles. The molecule has 0 fully saturated rings. The minimum Gasteiger partial charge on any atom is -0.316 e. The van der Waals surface area contributed by atoms with Crippen molar-refractivity contribution in [2.24, 2.45) is 0 Å². The maximum Gasteiger partial charge on any atom is 0.0733 e. The van der Waals surface area contributed by atoms with Crippen LogP contribution in [0, 0.1) is 0 Å². The van der Waals surface area contributed by atoms with Crippen LogP contribution in [0.25, 0.3) is 5.57 Å². The van der Waals surface area contributed by atoms with E-state index in [1.807, 2.05) is 26.1 Å². The first-order chi connectivity index (χ1) is 10.9. The Morgan fingerprint density at radius 1 is 1.27 bits per heavy atom. The van der Waals surface area contributed by atoms with Crippen molar-refractivity contribution in [2.75, 3.05) is 13.1 Å². The minimum atomic E-state index is 1.03. The van der Waals surface area contributed by atoms with Crippen LogP contribution in [-0.4, -0.2) is 18.1 Å². The number of hydrogen-bond acceptors (Lipinski definition) is 2. The number of fused-ring (bicyclic) bond motifs is 1. The summed E-state index contributed by atoms with van der Waals surface area (Å²) in [4.78, 5) is 4.44. The van der Waals surface area contributed by atoms with Crippen molar-refractivity contribution in [1.82, 2.24) is 10.3 Å². The van der Waals surface area contributed by atoms with Crippen LogP contribution in [0.15, 0.2) is 49.7 Å². The number of aromatic nitrogens is 1. The predicted octanol–water partition coefficient (Wildman–Crippen LogP) is 5.19. The lowest BCUT2D eigenvalue weighted by Gasteiger charge is -2.01. The molecule has 2 rings (SSSR count). The maximum atomic E-state index is 4.44. The van der Waals surface area contributed by atoms with E-state index in [9.17, 15) is 0 Å². The maximum absolute atomic E-state index is 4.44. The Kier molecular flexibility index (Phi) is 13.2. The Labute approximate surface area is 137 Å². The highest BCUT2D eigenvalue weighted by Crippen LogP contribution is 2.25. The van der Waals surface area contributed by atoms with Gasteiger partial charge in [-0.1, -0.05) is 51.5 Å². The van der Waals surface area contributed by atoms with Crippen molar-refractivity contribution in [3.05, 3.63) is 61.0 Å². The first-order valence-corrected chi connectivity index (χ1v) is 8.43. The van der Waals surface area contributed by atoms with Crippen molar-refractivity contribution in [1.29, 1.82) is 0 Å². The second-order valence-electron chi connectivity index (χ2n) is 4.67. The largest absolute Gasteiger partial charge is 0.316 e. The summed E-state index contributed by atoms with van der Waals surface area (Å²) >= 11 is 0. The number of hydrogen-bond donors (Lipinski definition) is 1. The molecule has 2 nitrogen and oxygen atoms in total. The smallest absolute Gasteiger partial charge is 0.0733 e. The van der Waals surface area contributed by atoms with Crippen LogP contribution in [0.5, 0.6) is 0 Å². The Balaban J connectivity index is 0.00000102. The zero-order valence-corrected chi connectivity index (χ0v) is 14.6. The van der Waals surface area contributed by atoms with E-state index < -0.39 is 0 Å². The molecule has 0 spiro atoms. The minimum absolute atomic E-state index is 1.03. The van der Waals surface area contributed by atoms with Crippen LogP contribution < -0.4 is 5.32 Å². The average molecular weight is 300 g/mol. The van der Waals surface area contributed by atoms with Crippen LogP contribution >= 0.6 is 0 Å². The molecule has 0 bridgehead atoms. The molecule has 0 atom stereocenters. The molecule has 1 aromatic rings. The van der Waals surface area contributed by atoms with E-state index in [1.165, 1.54) is 24.0 Å². The molecule has 0 unspecified atom stereocenters. The van der Waals surface area contributed by atoms with Crippen molar-refractivity contribution in [2.45, 2.75) is 46.5 Å². The Morgan fingerprint density at radius 2 is 2.05 bits per heavy atom. The third-order valence-corrected chi connectivity index (χ3v) is 3.20. The number of allylic oxidation sites excluding steroid dienone is 3. The Hall–Kier alpha value is -1.67. The SMILES string of the molecule is C=C.CC.CCCCNCC/C=C/C1=CCc2cccnc21. The van der Waals surface area contributed by atoms with Crippen LogP contribution in [0.4, 0.5) is 0 Å². The van der Waals surface area contributed by atoms with Crippen molar-refractivity contribution < 1.29 is 0 Å². The molecule has 0 aromatic carbocycles. The standard InChI is InChI=1S/C16H22N2.C2H6.C2H4/c1-2-3-11-17-12-5-4-7-14-9-10-15-8-6-13-18-16(14)15;2*1-2/h4,6-9,13,17H,2-3,5,10-12H2,1H3;1-2H3;1-2H2/b7-4+;;. The van der Waals surface area contributed by atoms with Crippen molar-refractivity contribution >= 4 is 5.57 Å².